The van der Waals surface area contributed by atoms with Crippen LogP contribution in [-0.2, 0) is 14.8 Å². The van der Waals surface area contributed by atoms with Gasteiger partial charge in [-0.1, -0.05) is 0 Å². The van der Waals surface area contributed by atoms with E-state index >= 15 is 0 Å². The molecule has 1 aromatic heterocycles. The van der Waals surface area contributed by atoms with Gasteiger partial charge >= 0.3 is 11.1 Å². The molecule has 12 heteroatoms. The van der Waals surface area contributed by atoms with E-state index in [2.05, 4.69) is 9.97 Å². The van der Waals surface area contributed by atoms with Gasteiger partial charge in [0, 0.05) is 6.07 Å². The summed E-state index contributed by atoms with van der Waals surface area (Å²) < 4.78 is 37.3. The fourth-order valence-electron chi connectivity index (χ4n) is 2.85. The number of benzene rings is 2. The van der Waals surface area contributed by atoms with Gasteiger partial charge in [0.15, 0.2) is 11.5 Å². The summed E-state index contributed by atoms with van der Waals surface area (Å²) in [7, 11) is -4.38. The lowest BCUT2D eigenvalue weighted by atomic mass is 10.3. The quantitative estimate of drug-likeness (QED) is 0.493. The number of carbonyl (C=O) groups is 1. The third-order valence-corrected chi connectivity index (χ3v) is 5.97. The summed E-state index contributed by atoms with van der Waals surface area (Å²) in [6.45, 7) is -0.996. The van der Waals surface area contributed by atoms with Crippen molar-refractivity contribution in [3.63, 3.8) is 0 Å². The summed E-state index contributed by atoms with van der Waals surface area (Å²) in [6.07, 6.45) is 0. The van der Waals surface area contributed by atoms with Gasteiger partial charge in [-0.05, 0) is 30.3 Å². The highest BCUT2D eigenvalue weighted by Crippen LogP contribution is 2.37. The van der Waals surface area contributed by atoms with Crippen LogP contribution >= 0.6 is 0 Å². The van der Waals surface area contributed by atoms with Crippen LogP contribution in [0.4, 0.5) is 5.69 Å². The smallest absolute Gasteiger partial charge is 0.314 e. The van der Waals surface area contributed by atoms with Gasteiger partial charge in [0.25, 0.3) is 10.0 Å². The predicted molar refractivity (Wildman–Crippen MR) is 97.3 cm³/mol. The van der Waals surface area contributed by atoms with Crippen LogP contribution in [0.5, 0.6) is 11.5 Å². The second-order valence-corrected chi connectivity index (χ2v) is 7.90. The Bertz CT molecular complexity index is 1360. The van der Waals surface area contributed by atoms with Crippen LogP contribution in [0.15, 0.2) is 50.9 Å². The molecule has 2 N–H and O–H groups in total. The van der Waals surface area contributed by atoms with Crippen LogP contribution in [0, 0.1) is 0 Å². The summed E-state index contributed by atoms with van der Waals surface area (Å²) >= 11 is 0. The van der Waals surface area contributed by atoms with Crippen LogP contribution in [-0.4, -0.2) is 37.7 Å². The van der Waals surface area contributed by atoms with Gasteiger partial charge in [-0.2, -0.15) is 0 Å². The summed E-state index contributed by atoms with van der Waals surface area (Å²) in [6, 6.07) is 7.75. The van der Waals surface area contributed by atoms with Crippen molar-refractivity contribution in [2.24, 2.45) is 0 Å². The Hall–Kier alpha value is -3.80. The van der Waals surface area contributed by atoms with Crippen molar-refractivity contribution in [2.45, 2.75) is 4.90 Å². The molecule has 0 saturated heterocycles. The zero-order valence-electron chi connectivity index (χ0n) is 14.5. The number of rotatable bonds is 5. The van der Waals surface area contributed by atoms with Gasteiger partial charge in [0.1, 0.15) is 0 Å². The average molecular weight is 418 g/mol. The van der Waals surface area contributed by atoms with E-state index < -0.39 is 33.7 Å². The molecule has 150 valence electrons. The standard InChI is InChI=1S/C17H13N3O8S/c21-15(22)7-20(9-1-4-13-14(5-9)28-8-27-13)29(25,26)10-2-3-11-12(6-10)19-17(24)16(23)18-11/h1-6H,7-8H2,(H,18,23)(H,19,24)(H,21,22)/p-1. The Morgan fingerprint density at radius 3 is 2.41 bits per heavy atom. The van der Waals surface area contributed by atoms with Crippen LogP contribution in [0.25, 0.3) is 11.0 Å². The minimum absolute atomic E-state index is 0.0218. The molecule has 1 aliphatic heterocycles. The van der Waals surface area contributed by atoms with Crippen molar-refractivity contribution in [2.75, 3.05) is 17.6 Å². The third kappa shape index (κ3) is 3.29. The molecule has 0 bridgehead atoms. The molecule has 0 amide bonds. The fourth-order valence-corrected chi connectivity index (χ4v) is 4.28. The Kier molecular flexibility index (Phi) is 4.27. The number of anilines is 1. The number of nitrogens with one attached hydrogen (secondary N) is 2. The van der Waals surface area contributed by atoms with Crippen LogP contribution in [0.1, 0.15) is 0 Å². The maximum atomic E-state index is 13.2. The molecule has 4 rings (SSSR count). The molecule has 1 aliphatic rings. The Morgan fingerprint density at radius 2 is 1.69 bits per heavy atom. The molecule has 2 aromatic carbocycles. The monoisotopic (exact) mass is 418 g/mol. The van der Waals surface area contributed by atoms with E-state index in [-0.39, 0.29) is 34.2 Å². The van der Waals surface area contributed by atoms with Gasteiger partial charge in [0.2, 0.25) is 6.79 Å². The number of aromatic nitrogens is 2. The van der Waals surface area contributed by atoms with Crippen molar-refractivity contribution in [1.29, 1.82) is 0 Å². The SMILES string of the molecule is O=C([O-])CN(c1ccc2c(c1)OCO2)S(=O)(=O)c1ccc2[nH]c(=O)c(=O)[nH]c2c1. The van der Waals surface area contributed by atoms with E-state index in [0.717, 1.165) is 6.07 Å². The number of hydrogen-bond donors (Lipinski definition) is 2. The number of hydrogen-bond acceptors (Lipinski definition) is 8. The largest absolute Gasteiger partial charge is 0.548 e. The number of carboxylic acids is 1. The van der Waals surface area contributed by atoms with Gasteiger partial charge in [-0.3, -0.25) is 13.9 Å². The molecular weight excluding hydrogens is 406 g/mol. The highest BCUT2D eigenvalue weighted by molar-refractivity contribution is 7.92. The summed E-state index contributed by atoms with van der Waals surface area (Å²) in [5.74, 6) is -0.960. The first-order chi connectivity index (χ1) is 13.8. The van der Waals surface area contributed by atoms with E-state index in [4.69, 9.17) is 9.47 Å². The molecule has 0 spiro atoms. The maximum absolute atomic E-state index is 13.2. The minimum Gasteiger partial charge on any atom is -0.548 e. The number of fused-ring (bicyclic) bond motifs is 2. The number of carbonyl (C=O) groups excluding carboxylic acids is 1. The Labute approximate surface area is 162 Å². The first-order valence-electron chi connectivity index (χ1n) is 8.14. The van der Waals surface area contributed by atoms with Gasteiger partial charge in [-0.25, -0.2) is 8.42 Å². The molecule has 11 nitrogen and oxygen atoms in total. The Morgan fingerprint density at radius 1 is 1.00 bits per heavy atom. The van der Waals surface area contributed by atoms with E-state index in [1.165, 1.54) is 30.3 Å². The second-order valence-electron chi connectivity index (χ2n) is 6.04. The van der Waals surface area contributed by atoms with Crippen LogP contribution < -0.4 is 30.0 Å². The molecule has 0 radical (unpaired) electrons. The van der Waals surface area contributed by atoms with Gasteiger partial charge in [0.05, 0.1) is 34.1 Å². The molecule has 2 heterocycles. The predicted octanol–water partition coefficient (Wildman–Crippen LogP) is -1.11. The number of nitrogens with zero attached hydrogens (tertiary/aromatic N) is 1. The van der Waals surface area contributed by atoms with Crippen molar-refractivity contribution in [1.82, 2.24) is 9.97 Å². The van der Waals surface area contributed by atoms with Gasteiger partial charge in [-0.15, -0.1) is 0 Å². The summed E-state index contributed by atoms with van der Waals surface area (Å²) in [5, 5.41) is 11.2. The molecule has 29 heavy (non-hydrogen) atoms. The van der Waals surface area contributed by atoms with E-state index in [0.29, 0.717) is 10.1 Å². The zero-order valence-corrected chi connectivity index (χ0v) is 15.3. The average Bonchev–Trinajstić information content (AvgIpc) is 3.14. The molecule has 0 saturated carbocycles. The lowest BCUT2D eigenvalue weighted by Gasteiger charge is -2.25. The lowest BCUT2D eigenvalue weighted by Crippen LogP contribution is -2.41. The van der Waals surface area contributed by atoms with Crippen LogP contribution in [0.2, 0.25) is 0 Å². The number of ether oxygens (including phenoxy) is 2. The zero-order chi connectivity index (χ0) is 20.8. The molecule has 0 unspecified atom stereocenters. The van der Waals surface area contributed by atoms with Gasteiger partial charge < -0.3 is 29.3 Å². The first-order valence-corrected chi connectivity index (χ1v) is 9.58. The molecule has 3 aromatic rings. The van der Waals surface area contributed by atoms with E-state index in [1.54, 1.807) is 0 Å². The number of sulfonamides is 1. The number of carboxylic acid groups (broad SMARTS) is 1. The van der Waals surface area contributed by atoms with Crippen molar-refractivity contribution < 1.29 is 27.8 Å². The van der Waals surface area contributed by atoms with Crippen LogP contribution in [0.3, 0.4) is 0 Å². The summed E-state index contributed by atoms with van der Waals surface area (Å²) in [5.41, 5.74) is -1.53. The second kappa shape index (κ2) is 6.67. The van der Waals surface area contributed by atoms with E-state index in [9.17, 15) is 27.9 Å². The first kappa shape index (κ1) is 18.6. The molecular formula is C17H12N3O8S-. The lowest BCUT2D eigenvalue weighted by molar-refractivity contribution is -0.303. The molecule has 0 atom stereocenters. The number of aromatic amines is 2. The highest BCUT2D eigenvalue weighted by Gasteiger charge is 2.27. The minimum atomic E-state index is -4.38. The van der Waals surface area contributed by atoms with Crippen molar-refractivity contribution in [3.05, 3.63) is 57.1 Å². The third-order valence-electron chi connectivity index (χ3n) is 4.20. The number of H-pyrrole nitrogens is 2. The van der Waals surface area contributed by atoms with E-state index in [1.807, 2.05) is 0 Å². The summed E-state index contributed by atoms with van der Waals surface area (Å²) in [4.78, 5) is 38.5. The Balaban J connectivity index is 1.84. The number of aliphatic carboxylic acids is 1. The molecule has 0 fully saturated rings. The normalized spacial score (nSPS) is 12.8. The fraction of sp³-hybridized carbons (Fsp3) is 0.118. The van der Waals surface area contributed by atoms with Crippen molar-refractivity contribution >= 4 is 32.7 Å². The molecule has 0 aliphatic carbocycles. The van der Waals surface area contributed by atoms with Crippen molar-refractivity contribution in [3.8, 4) is 11.5 Å². The highest BCUT2D eigenvalue weighted by atomic mass is 32.2. The topological polar surface area (TPSA) is 162 Å². The maximum Gasteiger partial charge on any atom is 0.314 e.